The molecule has 0 bridgehead atoms. The highest BCUT2D eigenvalue weighted by atomic mass is 32.2. The molecule has 0 saturated heterocycles. The number of carbonyl (C=O) groups excluding carboxylic acids is 1. The molecule has 1 aromatic heterocycles. The predicted octanol–water partition coefficient (Wildman–Crippen LogP) is -0.0464. The Labute approximate surface area is 105 Å². The highest BCUT2D eigenvalue weighted by Crippen LogP contribution is 2.26. The summed E-state index contributed by atoms with van der Waals surface area (Å²) in [7, 11) is -2.77. The molecule has 0 aliphatic rings. The molecule has 0 aliphatic heterocycles. The van der Waals surface area contributed by atoms with Gasteiger partial charge in [0.25, 0.3) is 0 Å². The Kier molecular flexibility index (Phi) is 4.49. The van der Waals surface area contributed by atoms with Gasteiger partial charge >= 0.3 is 5.97 Å². The first kappa shape index (κ1) is 14.7. The summed E-state index contributed by atoms with van der Waals surface area (Å²) in [6.45, 7) is 2.42. The Balaban J connectivity index is 3.36. The molecule has 2 N–H and O–H groups in total. The summed E-state index contributed by atoms with van der Waals surface area (Å²) in [4.78, 5) is 11.3. The van der Waals surface area contributed by atoms with Gasteiger partial charge in [-0.1, -0.05) is 0 Å². The largest absolute Gasteiger partial charge is 0.465 e. The fourth-order valence-electron chi connectivity index (χ4n) is 1.58. The second-order valence-electron chi connectivity index (χ2n) is 3.53. The lowest BCUT2D eigenvalue weighted by molar-refractivity contribution is 0.0595. The SMILES string of the molecule is COC(=O)c1c(C)oc(C)c1S(=O)(=O)NCCO. The number of nitrogens with one attached hydrogen (secondary N) is 1. The van der Waals surface area contributed by atoms with Crippen molar-refractivity contribution in [2.45, 2.75) is 18.7 Å². The van der Waals surface area contributed by atoms with E-state index in [0.29, 0.717) is 0 Å². The summed E-state index contributed by atoms with van der Waals surface area (Å²) in [6, 6.07) is 0. The maximum Gasteiger partial charge on any atom is 0.342 e. The lowest BCUT2D eigenvalue weighted by Crippen LogP contribution is -2.28. The van der Waals surface area contributed by atoms with E-state index in [4.69, 9.17) is 9.52 Å². The van der Waals surface area contributed by atoms with E-state index < -0.39 is 16.0 Å². The number of sulfonamides is 1. The molecule has 0 aromatic carbocycles. The Morgan fingerprint density at radius 2 is 2.00 bits per heavy atom. The van der Waals surface area contributed by atoms with E-state index in [9.17, 15) is 13.2 Å². The van der Waals surface area contributed by atoms with Crippen LogP contribution in [-0.2, 0) is 14.8 Å². The van der Waals surface area contributed by atoms with Crippen LogP contribution >= 0.6 is 0 Å². The maximum atomic E-state index is 12.0. The summed E-state index contributed by atoms with van der Waals surface area (Å²) in [5.41, 5.74) is -0.125. The van der Waals surface area contributed by atoms with Crippen LogP contribution in [0, 0.1) is 13.8 Å². The van der Waals surface area contributed by atoms with Gasteiger partial charge in [-0.2, -0.15) is 0 Å². The van der Waals surface area contributed by atoms with Gasteiger partial charge < -0.3 is 14.3 Å². The molecule has 0 atom stereocenters. The van der Waals surface area contributed by atoms with Gasteiger partial charge in [0.1, 0.15) is 22.0 Å². The topological polar surface area (TPSA) is 106 Å². The van der Waals surface area contributed by atoms with Gasteiger partial charge in [-0.25, -0.2) is 17.9 Å². The summed E-state index contributed by atoms with van der Waals surface area (Å²) >= 11 is 0. The second-order valence-corrected chi connectivity index (χ2v) is 5.24. The van der Waals surface area contributed by atoms with Gasteiger partial charge in [-0.3, -0.25) is 0 Å². The first-order valence-electron chi connectivity index (χ1n) is 5.14. The standard InChI is InChI=1S/C10H15NO6S/c1-6-8(10(13)16-3)9(7(2)17-6)18(14,15)11-4-5-12/h11-12H,4-5H2,1-3H3. The van der Waals surface area contributed by atoms with Gasteiger partial charge in [0.15, 0.2) is 0 Å². The quantitative estimate of drug-likeness (QED) is 0.731. The van der Waals surface area contributed by atoms with Crippen molar-refractivity contribution in [3.8, 4) is 0 Å². The molecule has 1 rings (SSSR count). The van der Waals surface area contributed by atoms with Crippen molar-refractivity contribution in [1.29, 1.82) is 0 Å². The smallest absolute Gasteiger partial charge is 0.342 e. The van der Waals surface area contributed by atoms with E-state index in [1.54, 1.807) is 0 Å². The van der Waals surface area contributed by atoms with Crippen LogP contribution in [0.5, 0.6) is 0 Å². The van der Waals surface area contributed by atoms with E-state index >= 15 is 0 Å². The van der Waals surface area contributed by atoms with Crippen LogP contribution in [0.1, 0.15) is 21.9 Å². The number of hydrogen-bond donors (Lipinski definition) is 2. The number of aliphatic hydroxyl groups is 1. The Morgan fingerprint density at radius 3 is 2.50 bits per heavy atom. The van der Waals surface area contributed by atoms with E-state index in [1.165, 1.54) is 13.8 Å². The van der Waals surface area contributed by atoms with E-state index in [-0.39, 0.29) is 35.1 Å². The predicted molar refractivity (Wildman–Crippen MR) is 61.8 cm³/mol. The van der Waals surface area contributed by atoms with Crippen LogP contribution in [0.4, 0.5) is 0 Å². The number of methoxy groups -OCH3 is 1. The number of esters is 1. The second kappa shape index (κ2) is 5.51. The fourth-order valence-corrected chi connectivity index (χ4v) is 3.00. The van der Waals surface area contributed by atoms with Crippen LogP contribution in [0.15, 0.2) is 9.31 Å². The molecular weight excluding hydrogens is 262 g/mol. The van der Waals surface area contributed by atoms with Crippen molar-refractivity contribution in [3.05, 3.63) is 17.1 Å². The van der Waals surface area contributed by atoms with Crippen LogP contribution in [-0.4, -0.2) is 39.8 Å². The lowest BCUT2D eigenvalue weighted by atomic mass is 10.2. The number of carbonyl (C=O) groups is 1. The van der Waals surface area contributed by atoms with Crippen LogP contribution < -0.4 is 4.72 Å². The van der Waals surface area contributed by atoms with Gasteiger partial charge in [0, 0.05) is 6.54 Å². The molecule has 0 unspecified atom stereocenters. The molecular formula is C10H15NO6S. The molecule has 1 aromatic rings. The molecule has 1 heterocycles. The molecule has 0 fully saturated rings. The summed E-state index contributed by atoms with van der Waals surface area (Å²) in [5, 5.41) is 8.63. The van der Waals surface area contributed by atoms with Gasteiger partial charge in [-0.05, 0) is 13.8 Å². The molecule has 0 radical (unpaired) electrons. The molecule has 0 aliphatic carbocycles. The monoisotopic (exact) mass is 277 g/mol. The highest BCUT2D eigenvalue weighted by Gasteiger charge is 2.31. The average molecular weight is 277 g/mol. The third-order valence-electron chi connectivity index (χ3n) is 2.27. The van der Waals surface area contributed by atoms with Gasteiger partial charge in [-0.15, -0.1) is 0 Å². The number of rotatable bonds is 5. The van der Waals surface area contributed by atoms with Gasteiger partial charge in [0.2, 0.25) is 10.0 Å². The minimum atomic E-state index is -3.92. The van der Waals surface area contributed by atoms with Crippen molar-refractivity contribution in [2.75, 3.05) is 20.3 Å². The maximum absolute atomic E-state index is 12.0. The lowest BCUT2D eigenvalue weighted by Gasteiger charge is -2.06. The number of furan rings is 1. The van der Waals surface area contributed by atoms with E-state index in [2.05, 4.69) is 9.46 Å². The zero-order chi connectivity index (χ0) is 13.9. The van der Waals surface area contributed by atoms with Crippen molar-refractivity contribution < 1.29 is 27.5 Å². The Hall–Kier alpha value is -1.38. The summed E-state index contributed by atoms with van der Waals surface area (Å²) in [6.07, 6.45) is 0. The highest BCUT2D eigenvalue weighted by molar-refractivity contribution is 7.89. The number of hydrogen-bond acceptors (Lipinski definition) is 6. The molecule has 0 saturated carbocycles. The molecule has 0 spiro atoms. The number of aliphatic hydroxyl groups excluding tert-OH is 1. The van der Waals surface area contributed by atoms with Crippen molar-refractivity contribution >= 4 is 16.0 Å². The minimum Gasteiger partial charge on any atom is -0.465 e. The Morgan fingerprint density at radius 1 is 1.39 bits per heavy atom. The Bertz CT molecular complexity index is 545. The molecule has 18 heavy (non-hydrogen) atoms. The molecule has 0 amide bonds. The third-order valence-corrected chi connectivity index (χ3v) is 3.88. The molecule has 102 valence electrons. The average Bonchev–Trinajstić information content (AvgIpc) is 2.61. The van der Waals surface area contributed by atoms with Crippen LogP contribution in [0.3, 0.4) is 0 Å². The first-order valence-corrected chi connectivity index (χ1v) is 6.62. The third kappa shape index (κ3) is 2.71. The van der Waals surface area contributed by atoms with Crippen LogP contribution in [0.25, 0.3) is 0 Å². The van der Waals surface area contributed by atoms with E-state index in [0.717, 1.165) is 7.11 Å². The molecule has 8 heteroatoms. The first-order chi connectivity index (χ1) is 8.35. The van der Waals surface area contributed by atoms with Crippen molar-refractivity contribution in [2.24, 2.45) is 0 Å². The number of ether oxygens (including phenoxy) is 1. The van der Waals surface area contributed by atoms with Crippen molar-refractivity contribution in [3.63, 3.8) is 0 Å². The number of aryl methyl sites for hydroxylation is 2. The van der Waals surface area contributed by atoms with Crippen molar-refractivity contribution in [1.82, 2.24) is 4.72 Å². The summed E-state index contributed by atoms with van der Waals surface area (Å²) in [5.74, 6) is -0.518. The fraction of sp³-hybridized carbons (Fsp3) is 0.500. The normalized spacial score (nSPS) is 11.6. The van der Waals surface area contributed by atoms with Crippen LogP contribution in [0.2, 0.25) is 0 Å². The summed E-state index contributed by atoms with van der Waals surface area (Å²) < 4.78 is 35.8. The zero-order valence-electron chi connectivity index (χ0n) is 10.3. The van der Waals surface area contributed by atoms with E-state index in [1.807, 2.05) is 0 Å². The molecule has 7 nitrogen and oxygen atoms in total. The zero-order valence-corrected chi connectivity index (χ0v) is 11.1. The minimum absolute atomic E-state index is 0.0957. The van der Waals surface area contributed by atoms with Gasteiger partial charge in [0.05, 0.1) is 13.7 Å².